The Morgan fingerprint density at radius 2 is 2.21 bits per heavy atom. The first-order valence-corrected chi connectivity index (χ1v) is 5.13. The van der Waals surface area contributed by atoms with Crippen molar-refractivity contribution in [3.8, 4) is 0 Å². The molecule has 0 spiro atoms. The van der Waals surface area contributed by atoms with Gasteiger partial charge in [-0.1, -0.05) is 0 Å². The molecule has 80 valence electrons. The summed E-state index contributed by atoms with van der Waals surface area (Å²) < 4.78 is 5.13. The van der Waals surface area contributed by atoms with E-state index in [9.17, 15) is 4.79 Å². The summed E-state index contributed by atoms with van der Waals surface area (Å²) in [5.74, 6) is 0.487. The highest BCUT2D eigenvalue weighted by Gasteiger charge is 2.47. The number of fused-ring (bicyclic) bond motifs is 1. The molecule has 0 aliphatic carbocycles. The number of likely N-dealkylation sites (N-methyl/N-ethyl adjacent to an activating group) is 2. The van der Waals surface area contributed by atoms with E-state index in [0.29, 0.717) is 12.5 Å². The summed E-state index contributed by atoms with van der Waals surface area (Å²) in [5.41, 5.74) is -0.0394. The number of hydrogen-bond acceptors (Lipinski definition) is 3. The average molecular weight is 198 g/mol. The van der Waals surface area contributed by atoms with Crippen LogP contribution in [0.25, 0.3) is 0 Å². The van der Waals surface area contributed by atoms with Crippen molar-refractivity contribution in [3.63, 3.8) is 0 Å². The predicted molar refractivity (Wildman–Crippen MR) is 53.1 cm³/mol. The number of nitrogens with zero attached hydrogens (tertiary/aromatic N) is 2. The fraction of sp³-hybridized carbons (Fsp3) is 0.900. The molecule has 2 heterocycles. The minimum atomic E-state index is -0.181. The number of cyclic esters (lactones) is 1. The van der Waals surface area contributed by atoms with Crippen LogP contribution in [0.2, 0.25) is 0 Å². The topological polar surface area (TPSA) is 32.8 Å². The van der Waals surface area contributed by atoms with Crippen LogP contribution in [0.1, 0.15) is 13.3 Å². The minimum Gasteiger partial charge on any atom is -0.449 e. The normalized spacial score (nSPS) is 39.2. The molecule has 1 amide bonds. The Morgan fingerprint density at radius 1 is 1.50 bits per heavy atom. The molecule has 2 unspecified atom stereocenters. The van der Waals surface area contributed by atoms with Crippen molar-refractivity contribution in [1.29, 1.82) is 0 Å². The molecular formula is C10H18N2O2. The first-order chi connectivity index (χ1) is 6.54. The molecule has 2 aliphatic rings. The lowest BCUT2D eigenvalue weighted by Crippen LogP contribution is -2.65. The second-order valence-corrected chi connectivity index (χ2v) is 4.72. The second-order valence-electron chi connectivity index (χ2n) is 4.72. The Balaban J connectivity index is 2.22. The molecule has 0 aromatic heterocycles. The number of piperidine rings is 1. The molecule has 0 saturated carbocycles. The van der Waals surface area contributed by atoms with E-state index in [-0.39, 0.29) is 11.6 Å². The third-order valence-electron chi connectivity index (χ3n) is 3.78. The van der Waals surface area contributed by atoms with Gasteiger partial charge >= 0.3 is 6.09 Å². The third-order valence-corrected chi connectivity index (χ3v) is 3.78. The summed E-state index contributed by atoms with van der Waals surface area (Å²) in [6.45, 7) is 4.80. The van der Waals surface area contributed by atoms with Crippen molar-refractivity contribution in [2.24, 2.45) is 5.92 Å². The number of likely N-dealkylation sites (tertiary alicyclic amines) is 1. The van der Waals surface area contributed by atoms with E-state index in [1.165, 1.54) is 0 Å². The Bertz CT molecular complexity index is 257. The first kappa shape index (κ1) is 9.77. The van der Waals surface area contributed by atoms with Crippen molar-refractivity contribution >= 4 is 6.09 Å². The van der Waals surface area contributed by atoms with Gasteiger partial charge in [0.15, 0.2) is 0 Å². The molecule has 2 saturated heterocycles. The molecule has 0 N–H and O–H groups in total. The van der Waals surface area contributed by atoms with Gasteiger partial charge in [0.1, 0.15) is 0 Å². The van der Waals surface area contributed by atoms with E-state index >= 15 is 0 Å². The molecule has 2 aliphatic heterocycles. The lowest BCUT2D eigenvalue weighted by atomic mass is 9.78. The van der Waals surface area contributed by atoms with Gasteiger partial charge in [-0.2, -0.15) is 0 Å². The fourth-order valence-electron chi connectivity index (χ4n) is 2.56. The van der Waals surface area contributed by atoms with E-state index in [1.54, 1.807) is 4.90 Å². The van der Waals surface area contributed by atoms with Crippen molar-refractivity contribution < 1.29 is 9.53 Å². The Labute approximate surface area is 84.8 Å². The average Bonchev–Trinajstić information content (AvgIpc) is 2.13. The Morgan fingerprint density at radius 3 is 2.93 bits per heavy atom. The molecule has 14 heavy (non-hydrogen) atoms. The highest BCUT2D eigenvalue weighted by Crippen LogP contribution is 2.35. The number of rotatable bonds is 0. The third kappa shape index (κ3) is 1.29. The molecule has 2 rings (SSSR count). The van der Waals surface area contributed by atoms with E-state index < -0.39 is 0 Å². The predicted octanol–water partition coefficient (Wildman–Crippen LogP) is 0.779. The van der Waals surface area contributed by atoms with Gasteiger partial charge in [0.2, 0.25) is 0 Å². The summed E-state index contributed by atoms with van der Waals surface area (Å²) in [5, 5.41) is 0. The fourth-order valence-corrected chi connectivity index (χ4v) is 2.56. The van der Waals surface area contributed by atoms with Crippen LogP contribution in [0.15, 0.2) is 0 Å². The molecule has 0 bridgehead atoms. The van der Waals surface area contributed by atoms with Crippen molar-refractivity contribution in [2.75, 3.05) is 33.8 Å². The van der Waals surface area contributed by atoms with Crippen LogP contribution in [0.5, 0.6) is 0 Å². The highest BCUT2D eigenvalue weighted by atomic mass is 16.6. The summed E-state index contributed by atoms with van der Waals surface area (Å²) in [6.07, 6.45) is 0.934. The van der Waals surface area contributed by atoms with Gasteiger partial charge in [0.05, 0.1) is 12.1 Å². The quantitative estimate of drug-likeness (QED) is 0.576. The maximum Gasteiger partial charge on any atom is 0.410 e. The summed E-state index contributed by atoms with van der Waals surface area (Å²) in [4.78, 5) is 15.5. The lowest BCUT2D eigenvalue weighted by Gasteiger charge is -2.52. The smallest absolute Gasteiger partial charge is 0.410 e. The highest BCUT2D eigenvalue weighted by molar-refractivity contribution is 5.69. The van der Waals surface area contributed by atoms with Crippen LogP contribution < -0.4 is 0 Å². The van der Waals surface area contributed by atoms with Gasteiger partial charge < -0.3 is 14.5 Å². The van der Waals surface area contributed by atoms with Crippen LogP contribution in [-0.2, 0) is 4.74 Å². The maximum atomic E-state index is 11.4. The number of carbonyl (C=O) groups excluding carboxylic acids is 1. The van der Waals surface area contributed by atoms with Crippen molar-refractivity contribution in [3.05, 3.63) is 0 Å². The van der Waals surface area contributed by atoms with E-state index in [4.69, 9.17) is 4.74 Å². The summed E-state index contributed by atoms with van der Waals surface area (Å²) in [7, 11) is 3.95. The standard InChI is InChI=1S/C10H18N2O2/c1-10-7-11(2)5-4-8(10)6-14-9(13)12(10)3/h8H,4-7H2,1-3H3. The number of carbonyl (C=O) groups is 1. The van der Waals surface area contributed by atoms with Gasteiger partial charge in [0, 0.05) is 19.5 Å². The first-order valence-electron chi connectivity index (χ1n) is 5.13. The van der Waals surface area contributed by atoms with E-state index in [0.717, 1.165) is 19.5 Å². The number of hydrogen-bond donors (Lipinski definition) is 0. The van der Waals surface area contributed by atoms with Crippen LogP contribution in [0, 0.1) is 5.92 Å². The minimum absolute atomic E-state index is 0.0394. The molecule has 0 aromatic rings. The van der Waals surface area contributed by atoms with Gasteiger partial charge in [-0.05, 0) is 26.9 Å². The van der Waals surface area contributed by atoms with Crippen LogP contribution in [0.4, 0.5) is 4.79 Å². The Kier molecular flexibility index (Phi) is 2.18. The largest absolute Gasteiger partial charge is 0.449 e. The van der Waals surface area contributed by atoms with Gasteiger partial charge in [0.25, 0.3) is 0 Å². The zero-order valence-electron chi connectivity index (χ0n) is 9.12. The molecule has 4 heteroatoms. The van der Waals surface area contributed by atoms with Gasteiger partial charge in [-0.3, -0.25) is 0 Å². The second kappa shape index (κ2) is 3.12. The lowest BCUT2D eigenvalue weighted by molar-refractivity contribution is -0.0638. The maximum absolute atomic E-state index is 11.4. The molecule has 2 fully saturated rings. The Hall–Kier alpha value is -0.770. The molecular weight excluding hydrogens is 180 g/mol. The number of ether oxygens (including phenoxy) is 1. The summed E-state index contributed by atoms with van der Waals surface area (Å²) >= 11 is 0. The summed E-state index contributed by atoms with van der Waals surface area (Å²) in [6, 6.07) is 0. The van der Waals surface area contributed by atoms with E-state index in [1.807, 2.05) is 7.05 Å². The SMILES string of the molecule is CN1CCC2COC(=O)N(C)C2(C)C1. The number of amides is 1. The monoisotopic (exact) mass is 198 g/mol. The van der Waals surface area contributed by atoms with Crippen LogP contribution in [-0.4, -0.2) is 55.2 Å². The zero-order valence-corrected chi connectivity index (χ0v) is 9.12. The van der Waals surface area contributed by atoms with E-state index in [2.05, 4.69) is 18.9 Å². The van der Waals surface area contributed by atoms with Crippen molar-refractivity contribution in [2.45, 2.75) is 18.9 Å². The molecule has 0 aromatic carbocycles. The zero-order chi connectivity index (χ0) is 10.3. The van der Waals surface area contributed by atoms with Gasteiger partial charge in [-0.15, -0.1) is 0 Å². The molecule has 4 nitrogen and oxygen atoms in total. The molecule has 2 atom stereocenters. The van der Waals surface area contributed by atoms with Crippen LogP contribution >= 0.6 is 0 Å². The van der Waals surface area contributed by atoms with Gasteiger partial charge in [-0.25, -0.2) is 4.79 Å². The molecule has 0 radical (unpaired) electrons. The van der Waals surface area contributed by atoms with Crippen molar-refractivity contribution in [1.82, 2.24) is 9.80 Å². The van der Waals surface area contributed by atoms with Crippen LogP contribution in [0.3, 0.4) is 0 Å².